The Morgan fingerprint density at radius 1 is 1.18 bits per heavy atom. The van der Waals surface area contributed by atoms with E-state index in [1.165, 1.54) is 11.6 Å². The van der Waals surface area contributed by atoms with E-state index in [1.807, 2.05) is 0 Å². The van der Waals surface area contributed by atoms with Crippen molar-refractivity contribution in [1.29, 1.82) is 0 Å². The van der Waals surface area contributed by atoms with E-state index in [1.54, 1.807) is 47.0 Å². The normalized spacial score (nSPS) is 19.1. The Balaban J connectivity index is 2.51. The van der Waals surface area contributed by atoms with Gasteiger partial charge in [0, 0.05) is 0 Å². The van der Waals surface area contributed by atoms with Gasteiger partial charge in [-0.25, -0.2) is 0 Å². The third-order valence-corrected chi connectivity index (χ3v) is 6.70. The van der Waals surface area contributed by atoms with Gasteiger partial charge in [0.2, 0.25) is 0 Å². The van der Waals surface area contributed by atoms with Crippen molar-refractivity contribution in [3.8, 4) is 0 Å². The van der Waals surface area contributed by atoms with Crippen LogP contribution in [0.5, 0.6) is 0 Å². The Labute approximate surface area is 121 Å². The van der Waals surface area contributed by atoms with E-state index in [2.05, 4.69) is 51.7 Å². The van der Waals surface area contributed by atoms with Crippen molar-refractivity contribution < 1.29 is 24.7 Å². The van der Waals surface area contributed by atoms with Crippen LogP contribution in [0.25, 0.3) is 6.08 Å². The van der Waals surface area contributed by atoms with Crippen molar-refractivity contribution in [3.05, 3.63) is 40.0 Å². The van der Waals surface area contributed by atoms with Gasteiger partial charge in [-0.1, -0.05) is 0 Å². The summed E-state index contributed by atoms with van der Waals surface area (Å²) in [5.41, 5.74) is 7.82. The number of benzene rings is 1. The van der Waals surface area contributed by atoms with Gasteiger partial charge < -0.3 is 0 Å². The summed E-state index contributed by atoms with van der Waals surface area (Å²) < 4.78 is 0.707. The zero-order valence-electron chi connectivity index (χ0n) is 11.5. The SMILES string of the molecule is CC1=Cc2c(C[Si](C)(C)C)ccc(C)c2[CH]1[Zr]. The standard InChI is InChI=1S/C15H21Si.Zr/c1-11-8-14-12(2)6-7-13(15(14)9-11)10-16(3,4)5;/h6-9H,10H2,1-5H3;. The zero-order valence-corrected chi connectivity index (χ0v) is 15.0. The van der Waals surface area contributed by atoms with Gasteiger partial charge >= 0.3 is 122 Å². The van der Waals surface area contributed by atoms with E-state index in [0.29, 0.717) is 3.63 Å². The first-order valence-corrected chi connectivity index (χ1v) is 11.4. The number of allylic oxidation sites excluding steroid dienone is 1. The molecule has 1 aliphatic carbocycles. The van der Waals surface area contributed by atoms with Crippen LogP contribution >= 0.6 is 0 Å². The summed E-state index contributed by atoms with van der Waals surface area (Å²) in [6.07, 6.45) is 2.44. The molecule has 0 saturated carbocycles. The number of rotatable bonds is 2. The number of hydrogen-bond acceptors (Lipinski definition) is 0. The van der Waals surface area contributed by atoms with E-state index in [-0.39, 0.29) is 0 Å². The van der Waals surface area contributed by atoms with Crippen molar-refractivity contribution >= 4 is 14.1 Å². The predicted molar refractivity (Wildman–Crippen MR) is 74.6 cm³/mol. The molecule has 2 heteroatoms. The van der Waals surface area contributed by atoms with Crippen molar-refractivity contribution in [2.24, 2.45) is 0 Å². The summed E-state index contributed by atoms with van der Waals surface area (Å²) in [4.78, 5) is 0. The van der Waals surface area contributed by atoms with Gasteiger partial charge in [0.1, 0.15) is 0 Å². The molecule has 0 heterocycles. The Morgan fingerprint density at radius 3 is 2.41 bits per heavy atom. The van der Waals surface area contributed by atoms with Crippen LogP contribution in [0.4, 0.5) is 0 Å². The molecule has 0 N–H and O–H groups in total. The summed E-state index contributed by atoms with van der Waals surface area (Å²) in [5.74, 6) is 0. The van der Waals surface area contributed by atoms with E-state index in [4.69, 9.17) is 0 Å². The Morgan fingerprint density at radius 2 is 1.82 bits per heavy atom. The van der Waals surface area contributed by atoms with E-state index in [0.717, 1.165) is 0 Å². The average Bonchev–Trinajstić information content (AvgIpc) is 2.48. The first kappa shape index (κ1) is 13.5. The minimum absolute atomic E-state index is 0.707. The molecule has 0 bridgehead atoms. The average molecular weight is 321 g/mol. The van der Waals surface area contributed by atoms with Crippen LogP contribution in [-0.4, -0.2) is 8.07 Å². The second kappa shape index (κ2) is 4.63. The quantitative estimate of drug-likeness (QED) is 0.708. The molecule has 1 unspecified atom stereocenters. The van der Waals surface area contributed by atoms with Gasteiger partial charge in [-0.15, -0.1) is 0 Å². The predicted octanol–water partition coefficient (Wildman–Crippen LogP) is 4.42. The molecule has 1 atom stereocenters. The molecule has 0 saturated heterocycles. The maximum atomic E-state index is 2.46. The topological polar surface area (TPSA) is 0 Å². The molecule has 17 heavy (non-hydrogen) atoms. The molecule has 1 aromatic rings. The van der Waals surface area contributed by atoms with Crippen LogP contribution in [0, 0.1) is 6.92 Å². The molecule has 2 rings (SSSR count). The van der Waals surface area contributed by atoms with Crippen LogP contribution in [0.1, 0.15) is 32.8 Å². The molecule has 1 aliphatic rings. The molecular weight excluding hydrogens is 299 g/mol. The molecule has 0 nitrogen and oxygen atoms in total. The third kappa shape index (κ3) is 2.74. The van der Waals surface area contributed by atoms with Crippen LogP contribution in [-0.2, 0) is 30.8 Å². The van der Waals surface area contributed by atoms with Crippen molar-refractivity contribution in [1.82, 2.24) is 0 Å². The second-order valence-corrected chi connectivity index (χ2v) is 13.3. The summed E-state index contributed by atoms with van der Waals surface area (Å²) in [6.45, 7) is 11.9. The fraction of sp³-hybridized carbons (Fsp3) is 0.467. The number of fused-ring (bicyclic) bond motifs is 1. The first-order valence-electron chi connectivity index (χ1n) is 6.31. The van der Waals surface area contributed by atoms with Crippen LogP contribution < -0.4 is 0 Å². The summed E-state index contributed by atoms with van der Waals surface area (Å²) in [7, 11) is -1.02. The van der Waals surface area contributed by atoms with Crippen LogP contribution in [0.15, 0.2) is 17.7 Å². The van der Waals surface area contributed by atoms with Crippen molar-refractivity contribution in [3.63, 3.8) is 0 Å². The molecule has 0 fully saturated rings. The molecule has 0 aromatic heterocycles. The fourth-order valence-electron chi connectivity index (χ4n) is 2.61. The fourth-order valence-corrected chi connectivity index (χ4v) is 5.21. The van der Waals surface area contributed by atoms with Gasteiger partial charge in [-0.05, 0) is 0 Å². The molecular formula is C15H21SiZr. The molecule has 1 aromatic carbocycles. The Bertz CT molecular complexity index is 480. The Kier molecular flexibility index (Phi) is 3.67. The van der Waals surface area contributed by atoms with Gasteiger partial charge in [0.05, 0.1) is 0 Å². The van der Waals surface area contributed by atoms with E-state index in [9.17, 15) is 0 Å². The van der Waals surface area contributed by atoms with Gasteiger partial charge in [0.15, 0.2) is 0 Å². The molecule has 0 radical (unpaired) electrons. The van der Waals surface area contributed by atoms with Gasteiger partial charge in [0.25, 0.3) is 0 Å². The van der Waals surface area contributed by atoms with Gasteiger partial charge in [-0.2, -0.15) is 0 Å². The Hall–Kier alpha value is 0.0600. The summed E-state index contributed by atoms with van der Waals surface area (Å²) >= 11 is 1.63. The molecule has 89 valence electrons. The second-order valence-electron chi connectivity index (χ2n) is 6.43. The van der Waals surface area contributed by atoms with Crippen LogP contribution in [0.2, 0.25) is 19.6 Å². The first-order chi connectivity index (χ1) is 7.79. The molecule has 0 amide bonds. The van der Waals surface area contributed by atoms with E-state index >= 15 is 0 Å². The third-order valence-electron chi connectivity index (χ3n) is 3.43. The number of aryl methyl sites for hydroxylation is 1. The van der Waals surface area contributed by atoms with Crippen molar-refractivity contribution in [2.75, 3.05) is 0 Å². The van der Waals surface area contributed by atoms with Gasteiger partial charge in [-0.3, -0.25) is 0 Å². The minimum atomic E-state index is -1.02. The monoisotopic (exact) mass is 319 g/mol. The van der Waals surface area contributed by atoms with E-state index < -0.39 is 8.07 Å². The summed E-state index contributed by atoms with van der Waals surface area (Å²) in [6, 6.07) is 6.00. The zero-order chi connectivity index (χ0) is 12.8. The summed E-state index contributed by atoms with van der Waals surface area (Å²) in [5, 5.41) is 0. The number of hydrogen-bond donors (Lipinski definition) is 0. The molecule has 0 spiro atoms. The molecule has 0 aliphatic heterocycles. The van der Waals surface area contributed by atoms with Crippen molar-refractivity contribution in [2.45, 2.75) is 43.2 Å². The maximum absolute atomic E-state index is 2.46. The van der Waals surface area contributed by atoms with Crippen LogP contribution in [0.3, 0.4) is 0 Å².